The molecule has 0 amide bonds. The Labute approximate surface area is 132 Å². The minimum absolute atomic E-state index is 0.267. The van der Waals surface area contributed by atoms with Crippen LogP contribution in [0, 0.1) is 25.2 Å². The van der Waals surface area contributed by atoms with E-state index in [2.05, 4.69) is 43.4 Å². The number of nitrogens with one attached hydrogen (secondary N) is 1. The van der Waals surface area contributed by atoms with Crippen LogP contribution in [0.4, 0.5) is 0 Å². The zero-order valence-corrected chi connectivity index (χ0v) is 13.8. The largest absolute Gasteiger partial charge is 0.297 e. The lowest BCUT2D eigenvalue weighted by Gasteiger charge is -2.36. The second-order valence-electron chi connectivity index (χ2n) is 6.69. The number of hydrogen-bond donors (Lipinski definition) is 1. The molecule has 21 heavy (non-hydrogen) atoms. The highest BCUT2D eigenvalue weighted by atomic mass is 32.2. The summed E-state index contributed by atoms with van der Waals surface area (Å²) in [5.41, 5.74) is 2.44. The van der Waals surface area contributed by atoms with Crippen molar-refractivity contribution in [2.75, 3.05) is 0 Å². The molecule has 2 aliphatic carbocycles. The van der Waals surface area contributed by atoms with Crippen LogP contribution in [0.3, 0.4) is 0 Å². The molecule has 2 aliphatic rings. The highest BCUT2D eigenvalue weighted by molar-refractivity contribution is 8.00. The molecule has 3 heteroatoms. The number of hydrogen-bond acceptors (Lipinski definition) is 3. The van der Waals surface area contributed by atoms with E-state index >= 15 is 0 Å². The fraction of sp³-hybridized carbons (Fsp3) is 0.611. The third-order valence-electron chi connectivity index (χ3n) is 4.76. The van der Waals surface area contributed by atoms with Crippen LogP contribution >= 0.6 is 11.8 Å². The average Bonchev–Trinajstić information content (AvgIpc) is 3.27. The molecule has 112 valence electrons. The van der Waals surface area contributed by atoms with Crippen molar-refractivity contribution in [1.29, 1.82) is 5.26 Å². The molecular formula is C18H24N2S. The van der Waals surface area contributed by atoms with Gasteiger partial charge in [0.15, 0.2) is 0 Å². The summed E-state index contributed by atoms with van der Waals surface area (Å²) in [5.74, 6) is 0. The van der Waals surface area contributed by atoms with E-state index in [1.54, 1.807) is 0 Å². The van der Waals surface area contributed by atoms with Crippen molar-refractivity contribution in [3.63, 3.8) is 0 Å². The van der Waals surface area contributed by atoms with E-state index in [4.69, 9.17) is 0 Å². The number of benzene rings is 1. The smallest absolute Gasteiger partial charge is 0.108 e. The maximum Gasteiger partial charge on any atom is 0.108 e. The van der Waals surface area contributed by atoms with Crippen molar-refractivity contribution in [2.24, 2.45) is 0 Å². The minimum atomic E-state index is -0.267. The summed E-state index contributed by atoms with van der Waals surface area (Å²) in [6.07, 6.45) is 6.89. The number of aryl methyl sites for hydroxylation is 2. The van der Waals surface area contributed by atoms with E-state index in [-0.39, 0.29) is 5.54 Å². The Balaban J connectivity index is 1.67. The van der Waals surface area contributed by atoms with Crippen LogP contribution in [0.1, 0.15) is 49.7 Å². The molecular weight excluding hydrogens is 276 g/mol. The lowest BCUT2D eigenvalue weighted by molar-refractivity contribution is 0.301. The van der Waals surface area contributed by atoms with Gasteiger partial charge in [0.2, 0.25) is 0 Å². The summed E-state index contributed by atoms with van der Waals surface area (Å²) in [6, 6.07) is 9.93. The Hall–Kier alpha value is -0.980. The van der Waals surface area contributed by atoms with Crippen molar-refractivity contribution in [3.8, 4) is 6.07 Å². The molecule has 2 fully saturated rings. The highest BCUT2D eigenvalue weighted by Crippen LogP contribution is 2.40. The quantitative estimate of drug-likeness (QED) is 0.898. The van der Waals surface area contributed by atoms with Gasteiger partial charge in [0.25, 0.3) is 0 Å². The van der Waals surface area contributed by atoms with Gasteiger partial charge in [-0.25, -0.2) is 0 Å². The van der Waals surface area contributed by atoms with Crippen LogP contribution in [0.15, 0.2) is 23.1 Å². The Morgan fingerprint density at radius 2 is 2.05 bits per heavy atom. The maximum absolute atomic E-state index is 9.66. The second-order valence-corrected chi connectivity index (χ2v) is 8.07. The molecule has 0 heterocycles. The number of thioether (sulfide) groups is 1. The first-order valence-corrected chi connectivity index (χ1v) is 8.91. The summed E-state index contributed by atoms with van der Waals surface area (Å²) in [4.78, 5) is 1.35. The minimum Gasteiger partial charge on any atom is -0.297 e. The molecule has 2 saturated carbocycles. The van der Waals surface area contributed by atoms with Crippen LogP contribution in [0.5, 0.6) is 0 Å². The van der Waals surface area contributed by atoms with Crippen LogP contribution in [-0.4, -0.2) is 16.8 Å². The lowest BCUT2D eigenvalue weighted by atomic mass is 9.82. The van der Waals surface area contributed by atoms with Crippen molar-refractivity contribution < 1.29 is 0 Å². The van der Waals surface area contributed by atoms with E-state index in [9.17, 15) is 5.26 Å². The molecule has 0 aromatic heterocycles. The zero-order chi connectivity index (χ0) is 14.9. The maximum atomic E-state index is 9.66. The monoisotopic (exact) mass is 300 g/mol. The van der Waals surface area contributed by atoms with Crippen molar-refractivity contribution in [2.45, 2.75) is 74.1 Å². The Kier molecular flexibility index (Phi) is 4.28. The van der Waals surface area contributed by atoms with E-state index in [1.807, 2.05) is 11.8 Å². The molecule has 0 radical (unpaired) electrons. The van der Waals surface area contributed by atoms with Crippen LogP contribution in [0.25, 0.3) is 0 Å². The fourth-order valence-corrected chi connectivity index (χ4v) is 4.62. The molecule has 2 atom stereocenters. The molecule has 2 unspecified atom stereocenters. The number of nitriles is 1. The van der Waals surface area contributed by atoms with Gasteiger partial charge in [-0.1, -0.05) is 6.07 Å². The number of nitrogens with zero attached hydrogens (tertiary/aromatic N) is 1. The first kappa shape index (κ1) is 14.9. The summed E-state index contributed by atoms with van der Waals surface area (Å²) in [7, 11) is 0. The molecule has 0 spiro atoms. The van der Waals surface area contributed by atoms with Crippen molar-refractivity contribution in [1.82, 2.24) is 5.32 Å². The first-order chi connectivity index (χ1) is 10.1. The molecule has 3 rings (SSSR count). The fourth-order valence-electron chi connectivity index (χ4n) is 3.19. The highest BCUT2D eigenvalue weighted by Gasteiger charge is 2.40. The van der Waals surface area contributed by atoms with Gasteiger partial charge in [-0.3, -0.25) is 5.32 Å². The Morgan fingerprint density at radius 3 is 2.71 bits per heavy atom. The van der Waals surface area contributed by atoms with E-state index in [0.717, 1.165) is 19.3 Å². The molecule has 2 nitrogen and oxygen atoms in total. The third kappa shape index (κ3) is 3.62. The van der Waals surface area contributed by atoms with Gasteiger partial charge in [-0.2, -0.15) is 5.26 Å². The standard InChI is InChI=1S/C18H24N2S/c1-13-5-8-16(10-14(13)2)21-17-4-3-9-18(11-17,12-19)20-15-6-7-15/h5,8,10,15,17,20H,3-4,6-7,9,11H2,1-2H3. The van der Waals surface area contributed by atoms with Crippen LogP contribution in [0.2, 0.25) is 0 Å². The average molecular weight is 300 g/mol. The number of rotatable bonds is 4. The SMILES string of the molecule is Cc1ccc(SC2CCCC(C#N)(NC3CC3)C2)cc1C. The van der Waals surface area contributed by atoms with E-state index in [1.165, 1.54) is 35.3 Å². The summed E-state index contributed by atoms with van der Waals surface area (Å²) >= 11 is 1.96. The molecule has 0 bridgehead atoms. The van der Waals surface area contributed by atoms with E-state index in [0.29, 0.717) is 11.3 Å². The van der Waals surface area contributed by atoms with Crippen LogP contribution < -0.4 is 5.32 Å². The van der Waals surface area contributed by atoms with Gasteiger partial charge in [0, 0.05) is 16.2 Å². The predicted molar refractivity (Wildman–Crippen MR) is 88.5 cm³/mol. The lowest BCUT2D eigenvalue weighted by Crippen LogP contribution is -2.49. The summed E-state index contributed by atoms with van der Waals surface area (Å²) in [5, 5.41) is 13.8. The van der Waals surface area contributed by atoms with Crippen molar-refractivity contribution in [3.05, 3.63) is 29.3 Å². The Morgan fingerprint density at radius 1 is 1.24 bits per heavy atom. The molecule has 0 aliphatic heterocycles. The summed E-state index contributed by atoms with van der Waals surface area (Å²) < 4.78 is 0. The van der Waals surface area contributed by atoms with Gasteiger partial charge < -0.3 is 0 Å². The normalized spacial score (nSPS) is 29.1. The molecule has 1 aromatic rings. The summed E-state index contributed by atoms with van der Waals surface area (Å²) in [6.45, 7) is 4.33. The molecule has 1 N–H and O–H groups in total. The van der Waals surface area contributed by atoms with Gasteiger partial charge in [0.05, 0.1) is 6.07 Å². The Bertz CT molecular complexity index is 559. The molecule has 1 aromatic carbocycles. The van der Waals surface area contributed by atoms with Gasteiger partial charge >= 0.3 is 0 Å². The topological polar surface area (TPSA) is 35.8 Å². The van der Waals surface area contributed by atoms with E-state index < -0.39 is 0 Å². The predicted octanol–water partition coefficient (Wildman–Crippen LogP) is 4.35. The van der Waals surface area contributed by atoms with Gasteiger partial charge in [-0.15, -0.1) is 11.8 Å². The second kappa shape index (κ2) is 6.02. The van der Waals surface area contributed by atoms with Gasteiger partial charge in [0.1, 0.15) is 5.54 Å². The van der Waals surface area contributed by atoms with Crippen molar-refractivity contribution >= 4 is 11.8 Å². The zero-order valence-electron chi connectivity index (χ0n) is 13.0. The van der Waals surface area contributed by atoms with Crippen LogP contribution in [-0.2, 0) is 0 Å². The third-order valence-corrected chi connectivity index (χ3v) is 6.02. The molecule has 0 saturated heterocycles. The first-order valence-electron chi connectivity index (χ1n) is 8.03. The van der Waals surface area contributed by atoms with Gasteiger partial charge in [-0.05, 0) is 75.6 Å².